The lowest BCUT2D eigenvalue weighted by atomic mass is 10.2. The molecule has 0 atom stereocenters. The molecule has 0 unspecified atom stereocenters. The van der Waals surface area contributed by atoms with Gasteiger partial charge in [0.15, 0.2) is 17.1 Å². The quantitative estimate of drug-likeness (QED) is 0.466. The van der Waals surface area contributed by atoms with E-state index in [1.807, 2.05) is 23.6 Å². The molecule has 4 heterocycles. The molecule has 7 heteroatoms. The Morgan fingerprint density at radius 3 is 2.46 bits per heavy atom. The van der Waals surface area contributed by atoms with Crippen LogP contribution in [0.3, 0.4) is 0 Å². The Kier molecular flexibility index (Phi) is 3.52. The summed E-state index contributed by atoms with van der Waals surface area (Å²) >= 11 is 0. The third kappa shape index (κ3) is 2.40. The minimum Gasteiger partial charge on any atom is -0.282 e. The van der Waals surface area contributed by atoms with Gasteiger partial charge in [0.25, 0.3) is 0 Å². The molecule has 5 aromatic rings. The number of benzene rings is 1. The van der Waals surface area contributed by atoms with Crippen LogP contribution in [-0.2, 0) is 0 Å². The van der Waals surface area contributed by atoms with E-state index in [9.17, 15) is 4.39 Å². The van der Waals surface area contributed by atoms with Crippen molar-refractivity contribution >= 4 is 16.7 Å². The fraction of sp³-hybridized carbons (Fsp3) is 0.143. The first-order valence-corrected chi connectivity index (χ1v) is 8.95. The topological polar surface area (TPSA) is 60.9 Å². The average Bonchev–Trinajstić information content (AvgIpc) is 3.22. The van der Waals surface area contributed by atoms with E-state index in [-0.39, 0.29) is 5.82 Å². The molecule has 4 aromatic heterocycles. The van der Waals surface area contributed by atoms with Crippen molar-refractivity contribution in [2.45, 2.75) is 20.8 Å². The number of aromatic nitrogens is 6. The molecule has 0 fully saturated rings. The van der Waals surface area contributed by atoms with E-state index in [4.69, 9.17) is 4.98 Å². The number of hydrogen-bond acceptors (Lipinski definition) is 4. The molecule has 0 aliphatic carbocycles. The zero-order chi connectivity index (χ0) is 19.4. The highest BCUT2D eigenvalue weighted by Crippen LogP contribution is 2.30. The number of aryl methyl sites for hydroxylation is 2. The molecule has 0 bridgehead atoms. The van der Waals surface area contributed by atoms with Crippen molar-refractivity contribution < 1.29 is 4.39 Å². The molecule has 28 heavy (non-hydrogen) atoms. The standard InChI is InChI=1S/C21H17FN6/c1-12-8-9-23-17(10-12)28-14(3)13(2)18-20(28)24-11-27-21(18)25-19(26-27)15-4-6-16(22)7-5-15/h4-11H,1-3H3. The number of fused-ring (bicyclic) bond motifs is 3. The van der Waals surface area contributed by atoms with Crippen molar-refractivity contribution in [1.29, 1.82) is 0 Å². The maximum Gasteiger partial charge on any atom is 0.182 e. The van der Waals surface area contributed by atoms with Gasteiger partial charge in [-0.2, -0.15) is 0 Å². The molecule has 0 aliphatic rings. The largest absolute Gasteiger partial charge is 0.282 e. The van der Waals surface area contributed by atoms with Gasteiger partial charge in [-0.1, -0.05) is 0 Å². The van der Waals surface area contributed by atoms with Crippen molar-refractivity contribution in [1.82, 2.24) is 29.1 Å². The highest BCUT2D eigenvalue weighted by Gasteiger charge is 2.19. The van der Waals surface area contributed by atoms with Crippen LogP contribution in [0, 0.1) is 26.6 Å². The molecular formula is C21H17FN6. The van der Waals surface area contributed by atoms with Gasteiger partial charge >= 0.3 is 0 Å². The predicted molar refractivity (Wildman–Crippen MR) is 105 cm³/mol. The van der Waals surface area contributed by atoms with Gasteiger partial charge < -0.3 is 0 Å². The van der Waals surface area contributed by atoms with Crippen molar-refractivity contribution in [2.24, 2.45) is 0 Å². The Morgan fingerprint density at radius 2 is 1.71 bits per heavy atom. The summed E-state index contributed by atoms with van der Waals surface area (Å²) in [7, 11) is 0. The lowest BCUT2D eigenvalue weighted by Crippen LogP contribution is -2.01. The maximum absolute atomic E-state index is 13.2. The van der Waals surface area contributed by atoms with Crippen molar-refractivity contribution in [3.8, 4) is 17.2 Å². The van der Waals surface area contributed by atoms with Crippen molar-refractivity contribution in [2.75, 3.05) is 0 Å². The Morgan fingerprint density at radius 1 is 0.929 bits per heavy atom. The van der Waals surface area contributed by atoms with Crippen molar-refractivity contribution in [3.05, 3.63) is 71.6 Å². The van der Waals surface area contributed by atoms with Crippen LogP contribution in [0.4, 0.5) is 4.39 Å². The molecule has 0 amide bonds. The summed E-state index contributed by atoms with van der Waals surface area (Å²) in [5.74, 6) is 1.07. The summed E-state index contributed by atoms with van der Waals surface area (Å²) in [5, 5.41) is 5.46. The monoisotopic (exact) mass is 372 g/mol. The maximum atomic E-state index is 13.2. The van der Waals surface area contributed by atoms with E-state index in [2.05, 4.69) is 28.9 Å². The van der Waals surface area contributed by atoms with Crippen LogP contribution < -0.4 is 0 Å². The Labute approximate surface area is 160 Å². The van der Waals surface area contributed by atoms with Gasteiger partial charge in [0.05, 0.1) is 5.39 Å². The van der Waals surface area contributed by atoms with Gasteiger partial charge in [0.2, 0.25) is 0 Å². The Balaban J connectivity index is 1.79. The average molecular weight is 372 g/mol. The van der Waals surface area contributed by atoms with Crippen LogP contribution in [0.25, 0.3) is 33.9 Å². The summed E-state index contributed by atoms with van der Waals surface area (Å²) in [6.07, 6.45) is 3.45. The van der Waals surface area contributed by atoms with Crippen LogP contribution in [0.15, 0.2) is 48.9 Å². The first-order chi connectivity index (χ1) is 13.5. The molecule has 0 aliphatic heterocycles. The minimum atomic E-state index is -0.286. The second kappa shape index (κ2) is 5.95. The molecule has 138 valence electrons. The van der Waals surface area contributed by atoms with Crippen LogP contribution in [0.1, 0.15) is 16.8 Å². The van der Waals surface area contributed by atoms with E-state index < -0.39 is 0 Å². The fourth-order valence-electron chi connectivity index (χ4n) is 3.50. The second-order valence-electron chi connectivity index (χ2n) is 6.89. The summed E-state index contributed by atoms with van der Waals surface area (Å²) in [4.78, 5) is 13.9. The fourth-order valence-corrected chi connectivity index (χ4v) is 3.50. The van der Waals surface area contributed by atoms with Gasteiger partial charge in [-0.15, -0.1) is 5.10 Å². The highest BCUT2D eigenvalue weighted by atomic mass is 19.1. The molecule has 0 saturated carbocycles. The van der Waals surface area contributed by atoms with E-state index in [1.54, 1.807) is 29.2 Å². The smallest absolute Gasteiger partial charge is 0.182 e. The number of nitrogens with zero attached hydrogens (tertiary/aromatic N) is 6. The first kappa shape index (κ1) is 16.6. The van der Waals surface area contributed by atoms with Gasteiger partial charge in [0, 0.05) is 17.5 Å². The van der Waals surface area contributed by atoms with Gasteiger partial charge in [-0.3, -0.25) is 4.57 Å². The zero-order valence-electron chi connectivity index (χ0n) is 15.7. The van der Waals surface area contributed by atoms with Gasteiger partial charge in [-0.25, -0.2) is 23.9 Å². The normalized spacial score (nSPS) is 11.6. The summed E-state index contributed by atoms with van der Waals surface area (Å²) in [6.45, 7) is 6.14. The predicted octanol–water partition coefficient (Wildman–Crippen LogP) is 4.19. The number of pyridine rings is 1. The Bertz CT molecular complexity index is 1350. The zero-order valence-corrected chi connectivity index (χ0v) is 15.7. The molecule has 5 rings (SSSR count). The van der Waals surface area contributed by atoms with E-state index in [1.165, 1.54) is 12.1 Å². The third-order valence-electron chi connectivity index (χ3n) is 5.07. The summed E-state index contributed by atoms with van der Waals surface area (Å²) < 4.78 is 17.0. The number of rotatable bonds is 2. The number of hydrogen-bond donors (Lipinski definition) is 0. The van der Waals surface area contributed by atoms with Gasteiger partial charge in [0.1, 0.15) is 18.0 Å². The lowest BCUT2D eigenvalue weighted by molar-refractivity contribution is 0.628. The molecule has 0 saturated heterocycles. The third-order valence-corrected chi connectivity index (χ3v) is 5.07. The molecular weight excluding hydrogens is 355 g/mol. The van der Waals surface area contributed by atoms with Gasteiger partial charge in [-0.05, 0) is 68.3 Å². The van der Waals surface area contributed by atoms with Crippen LogP contribution >= 0.6 is 0 Å². The lowest BCUT2D eigenvalue weighted by Gasteiger charge is -2.07. The van der Waals surface area contributed by atoms with Crippen molar-refractivity contribution in [3.63, 3.8) is 0 Å². The highest BCUT2D eigenvalue weighted by molar-refractivity contribution is 5.95. The van der Waals surface area contributed by atoms with E-state index in [0.29, 0.717) is 5.82 Å². The number of halogens is 1. The van der Waals surface area contributed by atoms with E-state index >= 15 is 0 Å². The molecule has 0 N–H and O–H groups in total. The SMILES string of the molecule is Cc1ccnc(-n2c(C)c(C)c3c2ncn2nc(-c4ccc(F)cc4)nc32)c1. The second-order valence-corrected chi connectivity index (χ2v) is 6.89. The molecule has 6 nitrogen and oxygen atoms in total. The molecule has 0 radical (unpaired) electrons. The summed E-state index contributed by atoms with van der Waals surface area (Å²) in [5.41, 5.74) is 5.53. The Hall–Kier alpha value is -3.61. The minimum absolute atomic E-state index is 0.286. The molecule has 0 spiro atoms. The first-order valence-electron chi connectivity index (χ1n) is 8.95. The van der Waals surface area contributed by atoms with Crippen LogP contribution in [0.5, 0.6) is 0 Å². The molecule has 1 aromatic carbocycles. The van der Waals surface area contributed by atoms with E-state index in [0.717, 1.165) is 44.9 Å². The van der Waals surface area contributed by atoms with Crippen LogP contribution in [-0.4, -0.2) is 29.1 Å². The van der Waals surface area contributed by atoms with Crippen LogP contribution in [0.2, 0.25) is 0 Å². The summed E-state index contributed by atoms with van der Waals surface area (Å²) in [6, 6.07) is 10.2.